The molecule has 1 amide bonds. The van der Waals surface area contributed by atoms with Gasteiger partial charge in [0.2, 0.25) is 0 Å². The average Bonchev–Trinajstić information content (AvgIpc) is 2.48. The van der Waals surface area contributed by atoms with Crippen LogP contribution in [0, 0.1) is 6.92 Å². The van der Waals surface area contributed by atoms with Gasteiger partial charge >= 0.3 is 0 Å². The van der Waals surface area contributed by atoms with Gasteiger partial charge in [-0.3, -0.25) is 4.79 Å². The molecule has 5 heteroatoms. The molecule has 1 aliphatic rings. The van der Waals surface area contributed by atoms with Crippen molar-refractivity contribution < 1.29 is 4.79 Å². The zero-order chi connectivity index (χ0) is 14.5. The summed E-state index contributed by atoms with van der Waals surface area (Å²) in [4.78, 5) is 14.3. The van der Waals surface area contributed by atoms with Gasteiger partial charge in [0.1, 0.15) is 0 Å². The molecule has 108 valence electrons. The second kappa shape index (κ2) is 6.70. The van der Waals surface area contributed by atoms with Gasteiger partial charge in [-0.15, -0.1) is 0 Å². The third-order valence-corrected chi connectivity index (χ3v) is 4.11. The van der Waals surface area contributed by atoms with E-state index in [-0.39, 0.29) is 11.9 Å². The molecule has 0 radical (unpaired) electrons. The van der Waals surface area contributed by atoms with E-state index in [0.717, 1.165) is 42.2 Å². The Morgan fingerprint density at radius 1 is 1.25 bits per heavy atom. The van der Waals surface area contributed by atoms with Crippen molar-refractivity contribution in [2.75, 3.05) is 20.1 Å². The summed E-state index contributed by atoms with van der Waals surface area (Å²) in [5.41, 5.74) is 1.89. The largest absolute Gasteiger partial charge is 0.366 e. The minimum atomic E-state index is 0.0136. The number of aryl methyl sites for hydroxylation is 1. The summed E-state index contributed by atoms with van der Waals surface area (Å²) in [7, 11) is 1.84. The van der Waals surface area contributed by atoms with Crippen LogP contribution in [0.25, 0.3) is 0 Å². The molecule has 0 unspecified atom stereocenters. The highest BCUT2D eigenvalue weighted by atomic mass is 32.1. The average molecular weight is 291 g/mol. The van der Waals surface area contributed by atoms with E-state index in [1.807, 2.05) is 38.2 Å². The number of carbonyl (C=O) groups is 1. The fourth-order valence-electron chi connectivity index (χ4n) is 2.36. The number of thiocarbonyl (C=S) groups is 1. The Kier molecular flexibility index (Phi) is 4.95. The standard InChI is InChI=1S/C15H21N3OS/c1-11-3-5-12(6-4-11)14(19)17-13-7-9-18(10-8-13)15(20)16-2/h3-6,13H,7-10H2,1-2H3,(H,16,20)(H,17,19). The highest BCUT2D eigenvalue weighted by molar-refractivity contribution is 7.80. The monoisotopic (exact) mass is 291 g/mol. The summed E-state index contributed by atoms with van der Waals surface area (Å²) >= 11 is 5.22. The molecule has 0 bridgehead atoms. The second-order valence-electron chi connectivity index (χ2n) is 5.16. The zero-order valence-electron chi connectivity index (χ0n) is 12.0. The summed E-state index contributed by atoms with van der Waals surface area (Å²) in [5, 5.41) is 6.88. The predicted molar refractivity (Wildman–Crippen MR) is 84.9 cm³/mol. The molecule has 1 fully saturated rings. The molecule has 1 aromatic rings. The van der Waals surface area contributed by atoms with E-state index in [2.05, 4.69) is 15.5 Å². The summed E-state index contributed by atoms with van der Waals surface area (Å²) < 4.78 is 0. The normalized spacial score (nSPS) is 15.8. The number of likely N-dealkylation sites (tertiary alicyclic amines) is 1. The molecule has 2 rings (SSSR count). The molecule has 0 aromatic heterocycles. The smallest absolute Gasteiger partial charge is 0.251 e. The van der Waals surface area contributed by atoms with Crippen molar-refractivity contribution in [3.05, 3.63) is 35.4 Å². The molecule has 0 aliphatic carbocycles. The van der Waals surface area contributed by atoms with Gasteiger partial charge in [-0.2, -0.15) is 0 Å². The van der Waals surface area contributed by atoms with Crippen LogP contribution in [0.4, 0.5) is 0 Å². The Bertz CT molecular complexity index is 478. The Morgan fingerprint density at radius 3 is 2.40 bits per heavy atom. The van der Waals surface area contributed by atoms with Gasteiger partial charge in [0.15, 0.2) is 5.11 Å². The lowest BCUT2D eigenvalue weighted by Crippen LogP contribution is -2.48. The number of rotatable bonds is 2. The van der Waals surface area contributed by atoms with Crippen LogP contribution < -0.4 is 10.6 Å². The van der Waals surface area contributed by atoms with Crippen molar-refractivity contribution in [3.8, 4) is 0 Å². The third-order valence-electron chi connectivity index (χ3n) is 3.65. The Balaban J connectivity index is 1.85. The number of hydrogen-bond donors (Lipinski definition) is 2. The first-order valence-corrected chi connectivity index (χ1v) is 7.35. The molecule has 0 atom stereocenters. The van der Waals surface area contributed by atoms with Crippen molar-refractivity contribution in [2.45, 2.75) is 25.8 Å². The highest BCUT2D eigenvalue weighted by Gasteiger charge is 2.21. The van der Waals surface area contributed by atoms with E-state index in [9.17, 15) is 4.79 Å². The SMILES string of the molecule is CNC(=S)N1CCC(NC(=O)c2ccc(C)cc2)CC1. The van der Waals surface area contributed by atoms with Crippen LogP contribution in [0.15, 0.2) is 24.3 Å². The maximum atomic E-state index is 12.1. The minimum Gasteiger partial charge on any atom is -0.366 e. The Labute approximate surface area is 125 Å². The van der Waals surface area contributed by atoms with Crippen molar-refractivity contribution in [1.82, 2.24) is 15.5 Å². The summed E-state index contributed by atoms with van der Waals surface area (Å²) in [6, 6.07) is 7.90. The molecule has 1 heterocycles. The van der Waals surface area contributed by atoms with Gasteiger partial charge in [0.05, 0.1) is 0 Å². The molecular formula is C15H21N3OS. The van der Waals surface area contributed by atoms with E-state index < -0.39 is 0 Å². The maximum Gasteiger partial charge on any atom is 0.251 e. The summed E-state index contributed by atoms with van der Waals surface area (Å²) in [6.07, 6.45) is 1.86. The van der Waals surface area contributed by atoms with Gasteiger partial charge < -0.3 is 15.5 Å². The van der Waals surface area contributed by atoms with E-state index in [1.165, 1.54) is 0 Å². The molecule has 1 saturated heterocycles. The van der Waals surface area contributed by atoms with Crippen LogP contribution in [0.2, 0.25) is 0 Å². The quantitative estimate of drug-likeness (QED) is 0.814. The van der Waals surface area contributed by atoms with Gasteiger partial charge in [-0.1, -0.05) is 17.7 Å². The van der Waals surface area contributed by atoms with Crippen molar-refractivity contribution in [1.29, 1.82) is 0 Å². The molecule has 1 aliphatic heterocycles. The fourth-order valence-corrected chi connectivity index (χ4v) is 2.54. The van der Waals surface area contributed by atoms with Gasteiger partial charge in [0.25, 0.3) is 5.91 Å². The van der Waals surface area contributed by atoms with Gasteiger partial charge in [-0.05, 0) is 44.1 Å². The van der Waals surface area contributed by atoms with Gasteiger partial charge in [-0.25, -0.2) is 0 Å². The molecule has 4 nitrogen and oxygen atoms in total. The fraction of sp³-hybridized carbons (Fsp3) is 0.467. The third kappa shape index (κ3) is 3.70. The van der Waals surface area contributed by atoms with Crippen LogP contribution in [0.1, 0.15) is 28.8 Å². The zero-order valence-corrected chi connectivity index (χ0v) is 12.8. The number of nitrogens with zero attached hydrogens (tertiary/aromatic N) is 1. The summed E-state index contributed by atoms with van der Waals surface area (Å²) in [6.45, 7) is 3.79. The van der Waals surface area contributed by atoms with E-state index >= 15 is 0 Å². The van der Waals surface area contributed by atoms with Crippen molar-refractivity contribution in [2.24, 2.45) is 0 Å². The first-order valence-electron chi connectivity index (χ1n) is 6.94. The van der Waals surface area contributed by atoms with Crippen molar-refractivity contribution in [3.63, 3.8) is 0 Å². The van der Waals surface area contributed by atoms with Crippen LogP contribution in [-0.4, -0.2) is 42.1 Å². The van der Waals surface area contributed by atoms with Crippen LogP contribution >= 0.6 is 12.2 Å². The molecule has 0 saturated carbocycles. The van der Waals surface area contributed by atoms with Crippen LogP contribution in [0.5, 0.6) is 0 Å². The molecule has 20 heavy (non-hydrogen) atoms. The van der Waals surface area contributed by atoms with E-state index in [0.29, 0.717) is 0 Å². The lowest BCUT2D eigenvalue weighted by atomic mass is 10.0. The minimum absolute atomic E-state index is 0.0136. The number of amides is 1. The first-order chi connectivity index (χ1) is 9.60. The number of carbonyl (C=O) groups excluding carboxylic acids is 1. The maximum absolute atomic E-state index is 12.1. The number of piperidine rings is 1. The van der Waals surface area contributed by atoms with E-state index in [1.54, 1.807) is 0 Å². The van der Waals surface area contributed by atoms with Crippen molar-refractivity contribution >= 4 is 23.2 Å². The Morgan fingerprint density at radius 2 is 1.85 bits per heavy atom. The van der Waals surface area contributed by atoms with Crippen LogP contribution in [0.3, 0.4) is 0 Å². The molecule has 1 aromatic carbocycles. The number of nitrogens with one attached hydrogen (secondary N) is 2. The number of benzene rings is 1. The lowest BCUT2D eigenvalue weighted by molar-refractivity contribution is 0.0922. The molecule has 0 spiro atoms. The highest BCUT2D eigenvalue weighted by Crippen LogP contribution is 2.12. The summed E-state index contributed by atoms with van der Waals surface area (Å²) in [5.74, 6) is 0.0136. The number of hydrogen-bond acceptors (Lipinski definition) is 2. The first kappa shape index (κ1) is 14.8. The van der Waals surface area contributed by atoms with Crippen LogP contribution in [-0.2, 0) is 0 Å². The molecular weight excluding hydrogens is 270 g/mol. The van der Waals surface area contributed by atoms with E-state index in [4.69, 9.17) is 12.2 Å². The Hall–Kier alpha value is -1.62. The second-order valence-corrected chi connectivity index (χ2v) is 5.54. The molecule has 2 N–H and O–H groups in total. The predicted octanol–water partition coefficient (Wildman–Crippen LogP) is 1.69. The van der Waals surface area contributed by atoms with Gasteiger partial charge in [0, 0.05) is 31.7 Å². The topological polar surface area (TPSA) is 44.4 Å². The lowest BCUT2D eigenvalue weighted by Gasteiger charge is -2.33.